The number of aryl methyl sites for hydroxylation is 1. The highest BCUT2D eigenvalue weighted by Gasteiger charge is 2.19. The first-order chi connectivity index (χ1) is 7.70. The van der Waals surface area contributed by atoms with Crippen molar-refractivity contribution < 1.29 is 0 Å². The second-order valence-electron chi connectivity index (χ2n) is 4.78. The van der Waals surface area contributed by atoms with Gasteiger partial charge in [0.2, 0.25) is 0 Å². The van der Waals surface area contributed by atoms with Gasteiger partial charge in [-0.25, -0.2) is 0 Å². The van der Waals surface area contributed by atoms with Crippen molar-refractivity contribution in [3.05, 3.63) is 29.8 Å². The molecule has 0 aromatic heterocycles. The highest BCUT2D eigenvalue weighted by atomic mass is 15.2. The van der Waals surface area contributed by atoms with Crippen LogP contribution in [0.4, 0.5) is 5.69 Å². The van der Waals surface area contributed by atoms with Crippen molar-refractivity contribution >= 4 is 11.5 Å². The number of nitrogens with one attached hydrogen (secondary N) is 1. The number of fused-ring (bicyclic) bond motifs is 1. The molecule has 0 radical (unpaired) electrons. The van der Waals surface area contributed by atoms with Crippen LogP contribution >= 0.6 is 0 Å². The number of hydrogen-bond donors (Lipinski definition) is 1. The van der Waals surface area contributed by atoms with Crippen LogP contribution in [0, 0.1) is 11.3 Å². The molecule has 0 bridgehead atoms. The minimum absolute atomic E-state index is 0.297. The molecule has 1 aromatic carbocycles. The minimum Gasteiger partial charge on any atom is -0.330 e. The van der Waals surface area contributed by atoms with Crippen LogP contribution in [-0.2, 0) is 6.42 Å². The number of anilines is 1. The fourth-order valence-electron chi connectivity index (χ4n) is 2.25. The molecule has 0 amide bonds. The van der Waals surface area contributed by atoms with E-state index in [1.807, 2.05) is 0 Å². The fraction of sp³-hybridized carbons (Fsp3) is 0.500. The first-order valence-electron chi connectivity index (χ1n) is 6.14. The molecule has 1 aromatic rings. The summed E-state index contributed by atoms with van der Waals surface area (Å²) in [6.45, 7) is 5.18. The molecule has 0 saturated carbocycles. The van der Waals surface area contributed by atoms with E-state index >= 15 is 0 Å². The summed E-state index contributed by atoms with van der Waals surface area (Å²) in [5.41, 5.74) is 2.64. The molecule has 2 rings (SSSR count). The Hall–Kier alpha value is -1.31. The molecule has 2 heteroatoms. The molecule has 0 unspecified atom stereocenters. The van der Waals surface area contributed by atoms with Crippen LogP contribution < -0.4 is 4.90 Å². The van der Waals surface area contributed by atoms with Gasteiger partial charge in [0.05, 0.1) is 0 Å². The number of hydrogen-bond acceptors (Lipinski definition) is 1. The first kappa shape index (κ1) is 11.2. The van der Waals surface area contributed by atoms with Crippen molar-refractivity contribution in [2.75, 3.05) is 11.4 Å². The van der Waals surface area contributed by atoms with Gasteiger partial charge < -0.3 is 4.90 Å². The van der Waals surface area contributed by atoms with Crippen LogP contribution in [0.5, 0.6) is 0 Å². The minimum atomic E-state index is 0.297. The van der Waals surface area contributed by atoms with Crippen LogP contribution in [0.1, 0.15) is 32.3 Å². The van der Waals surface area contributed by atoms with Crippen LogP contribution in [0.3, 0.4) is 0 Å². The molecule has 1 aliphatic heterocycles. The predicted molar refractivity (Wildman–Crippen MR) is 69.3 cm³/mol. The Labute approximate surface area is 97.8 Å². The number of para-hydroxylation sites is 1. The molecule has 86 valence electrons. The third kappa shape index (κ3) is 2.11. The van der Waals surface area contributed by atoms with Gasteiger partial charge in [-0.15, -0.1) is 0 Å². The van der Waals surface area contributed by atoms with Crippen LogP contribution in [0.15, 0.2) is 24.3 Å². The van der Waals surface area contributed by atoms with Crippen molar-refractivity contribution in [1.82, 2.24) is 0 Å². The van der Waals surface area contributed by atoms with Gasteiger partial charge in [-0.1, -0.05) is 32.0 Å². The number of rotatable bonds is 1. The average Bonchev–Trinajstić information content (AvgIpc) is 2.50. The molecular formula is C14H20N2. The molecule has 0 fully saturated rings. The van der Waals surface area contributed by atoms with Crippen LogP contribution in [0.2, 0.25) is 0 Å². The summed E-state index contributed by atoms with van der Waals surface area (Å²) in [5, 5.41) is 8.19. The maximum absolute atomic E-state index is 8.19. The van der Waals surface area contributed by atoms with Crippen LogP contribution in [0.25, 0.3) is 0 Å². The second-order valence-corrected chi connectivity index (χ2v) is 4.78. The summed E-state index contributed by atoms with van der Waals surface area (Å²) < 4.78 is 0. The van der Waals surface area contributed by atoms with E-state index in [0.29, 0.717) is 5.92 Å². The summed E-state index contributed by atoms with van der Waals surface area (Å²) in [5.74, 6) is 1.04. The number of benzene rings is 1. The van der Waals surface area contributed by atoms with E-state index in [4.69, 9.17) is 5.41 Å². The zero-order valence-corrected chi connectivity index (χ0v) is 10.2. The summed E-state index contributed by atoms with van der Waals surface area (Å²) in [4.78, 5) is 2.19. The molecule has 1 heterocycles. The first-order valence-corrected chi connectivity index (χ1v) is 6.14. The maximum atomic E-state index is 8.19. The molecule has 2 nitrogen and oxygen atoms in total. The molecule has 1 N–H and O–H groups in total. The summed E-state index contributed by atoms with van der Waals surface area (Å²) in [6.07, 6.45) is 3.57. The normalized spacial score (nSPS) is 15.8. The predicted octanol–water partition coefficient (Wildman–Crippen LogP) is 3.46. The van der Waals surface area contributed by atoms with E-state index in [9.17, 15) is 0 Å². The lowest BCUT2D eigenvalue weighted by Crippen LogP contribution is -2.34. The Morgan fingerprint density at radius 1 is 1.25 bits per heavy atom. The zero-order valence-electron chi connectivity index (χ0n) is 10.2. The second kappa shape index (κ2) is 4.69. The smallest absolute Gasteiger partial charge is 0.103 e. The molecular weight excluding hydrogens is 196 g/mol. The van der Waals surface area contributed by atoms with E-state index in [-0.39, 0.29) is 0 Å². The largest absolute Gasteiger partial charge is 0.330 e. The fourth-order valence-corrected chi connectivity index (χ4v) is 2.25. The van der Waals surface area contributed by atoms with E-state index in [0.717, 1.165) is 18.8 Å². The van der Waals surface area contributed by atoms with E-state index in [2.05, 4.69) is 43.0 Å². The lowest BCUT2D eigenvalue weighted by atomic mass is 10.1. The van der Waals surface area contributed by atoms with Gasteiger partial charge in [-0.3, -0.25) is 5.41 Å². The van der Waals surface area contributed by atoms with Gasteiger partial charge in [-0.05, 0) is 30.9 Å². The lowest BCUT2D eigenvalue weighted by molar-refractivity contribution is 0.748. The van der Waals surface area contributed by atoms with Gasteiger partial charge in [0.1, 0.15) is 5.84 Å². The van der Waals surface area contributed by atoms with Crippen molar-refractivity contribution in [2.45, 2.75) is 33.1 Å². The van der Waals surface area contributed by atoms with Gasteiger partial charge in [0.25, 0.3) is 0 Å². The standard InChI is InChI=1S/C14H20N2/c1-11(2)14(15)16-10-6-5-8-12-7-3-4-9-13(12)16/h3-4,7,9,11,15H,5-6,8,10H2,1-2H3. The average molecular weight is 216 g/mol. The Morgan fingerprint density at radius 3 is 2.75 bits per heavy atom. The Kier molecular flexibility index (Phi) is 3.28. The highest BCUT2D eigenvalue weighted by Crippen LogP contribution is 2.27. The van der Waals surface area contributed by atoms with Gasteiger partial charge in [-0.2, -0.15) is 0 Å². The van der Waals surface area contributed by atoms with Crippen molar-refractivity contribution in [2.24, 2.45) is 5.92 Å². The molecule has 0 saturated heterocycles. The third-order valence-electron chi connectivity index (χ3n) is 3.20. The summed E-state index contributed by atoms with van der Waals surface area (Å²) in [6, 6.07) is 8.52. The number of nitrogens with zero attached hydrogens (tertiary/aromatic N) is 1. The zero-order chi connectivity index (χ0) is 11.5. The summed E-state index contributed by atoms with van der Waals surface area (Å²) in [7, 11) is 0. The highest BCUT2D eigenvalue weighted by molar-refractivity contribution is 5.97. The SMILES string of the molecule is CC(C)C(=N)N1CCCCc2ccccc21. The van der Waals surface area contributed by atoms with Gasteiger partial charge in [0.15, 0.2) is 0 Å². The lowest BCUT2D eigenvalue weighted by Gasteiger charge is -2.27. The molecule has 0 atom stereocenters. The molecule has 0 aliphatic carbocycles. The van der Waals surface area contributed by atoms with E-state index < -0.39 is 0 Å². The molecule has 16 heavy (non-hydrogen) atoms. The maximum Gasteiger partial charge on any atom is 0.103 e. The third-order valence-corrected chi connectivity index (χ3v) is 3.20. The summed E-state index contributed by atoms with van der Waals surface area (Å²) >= 11 is 0. The molecule has 0 spiro atoms. The Bertz CT molecular complexity index is 382. The van der Waals surface area contributed by atoms with Crippen molar-refractivity contribution in [1.29, 1.82) is 5.41 Å². The molecule has 1 aliphatic rings. The topological polar surface area (TPSA) is 27.1 Å². The van der Waals surface area contributed by atoms with Gasteiger partial charge in [0, 0.05) is 18.2 Å². The Balaban J connectivity index is 2.36. The quantitative estimate of drug-likeness (QED) is 0.565. The van der Waals surface area contributed by atoms with E-state index in [1.165, 1.54) is 24.1 Å². The van der Waals surface area contributed by atoms with Gasteiger partial charge >= 0.3 is 0 Å². The number of amidine groups is 1. The van der Waals surface area contributed by atoms with Crippen molar-refractivity contribution in [3.8, 4) is 0 Å². The van der Waals surface area contributed by atoms with E-state index in [1.54, 1.807) is 0 Å². The Morgan fingerprint density at radius 2 is 2.00 bits per heavy atom. The van der Waals surface area contributed by atoms with Crippen LogP contribution in [-0.4, -0.2) is 12.4 Å². The monoisotopic (exact) mass is 216 g/mol. The van der Waals surface area contributed by atoms with Crippen molar-refractivity contribution in [3.63, 3.8) is 0 Å².